The van der Waals surface area contributed by atoms with Crippen LogP contribution < -0.4 is 11.1 Å². The summed E-state index contributed by atoms with van der Waals surface area (Å²) in [6.45, 7) is 3.90. The van der Waals surface area contributed by atoms with Gasteiger partial charge in [-0.2, -0.15) is 0 Å². The van der Waals surface area contributed by atoms with Crippen molar-refractivity contribution in [2.75, 3.05) is 24.1 Å². The van der Waals surface area contributed by atoms with Crippen LogP contribution in [0.25, 0.3) is 0 Å². The molecular weight excluding hydrogens is 264 g/mol. The number of nitrogens with one attached hydrogen (secondary N) is 1. The Hall–Kier alpha value is -2.40. The number of aromatic nitrogens is 1. The number of nitrogens with zero attached hydrogens (tertiary/aromatic N) is 2. The Morgan fingerprint density at radius 2 is 2.05 bits per heavy atom. The van der Waals surface area contributed by atoms with Gasteiger partial charge in [-0.1, -0.05) is 13.0 Å². The maximum Gasteiger partial charge on any atom is 0.238 e. The van der Waals surface area contributed by atoms with E-state index in [4.69, 9.17) is 5.73 Å². The van der Waals surface area contributed by atoms with Gasteiger partial charge in [-0.25, -0.2) is 0 Å². The second-order valence-corrected chi connectivity index (χ2v) is 4.83. The normalized spacial score (nSPS) is 10.6. The van der Waals surface area contributed by atoms with Gasteiger partial charge in [0.05, 0.1) is 6.54 Å². The van der Waals surface area contributed by atoms with Crippen molar-refractivity contribution in [2.45, 2.75) is 13.5 Å². The van der Waals surface area contributed by atoms with Crippen LogP contribution in [-0.4, -0.2) is 28.9 Å². The number of anilines is 2. The Morgan fingerprint density at radius 3 is 2.71 bits per heavy atom. The van der Waals surface area contributed by atoms with Crippen LogP contribution in [0, 0.1) is 0 Å². The van der Waals surface area contributed by atoms with Crippen molar-refractivity contribution in [1.29, 1.82) is 0 Å². The Kier molecular flexibility index (Phi) is 5.29. The van der Waals surface area contributed by atoms with Crippen molar-refractivity contribution in [1.82, 2.24) is 9.88 Å². The largest absolute Gasteiger partial charge is 0.399 e. The molecule has 3 N–H and O–H groups in total. The highest BCUT2D eigenvalue weighted by molar-refractivity contribution is 5.92. The lowest BCUT2D eigenvalue weighted by atomic mass is 10.2. The summed E-state index contributed by atoms with van der Waals surface area (Å²) in [7, 11) is 0. The molecule has 1 heterocycles. The van der Waals surface area contributed by atoms with Crippen LogP contribution in [0.5, 0.6) is 0 Å². The van der Waals surface area contributed by atoms with Crippen LogP contribution in [0.3, 0.4) is 0 Å². The Labute approximate surface area is 124 Å². The summed E-state index contributed by atoms with van der Waals surface area (Å²) in [5, 5.41) is 2.86. The van der Waals surface area contributed by atoms with Crippen molar-refractivity contribution in [3.63, 3.8) is 0 Å². The Balaban J connectivity index is 1.90. The van der Waals surface area contributed by atoms with Gasteiger partial charge in [0.1, 0.15) is 0 Å². The van der Waals surface area contributed by atoms with Gasteiger partial charge < -0.3 is 11.1 Å². The van der Waals surface area contributed by atoms with Gasteiger partial charge in [-0.15, -0.1) is 0 Å². The molecule has 0 atom stereocenters. The average Bonchev–Trinajstić information content (AvgIpc) is 2.47. The highest BCUT2D eigenvalue weighted by Gasteiger charge is 2.10. The van der Waals surface area contributed by atoms with Crippen molar-refractivity contribution < 1.29 is 4.79 Å². The van der Waals surface area contributed by atoms with E-state index in [1.165, 1.54) is 0 Å². The van der Waals surface area contributed by atoms with Gasteiger partial charge in [0.15, 0.2) is 0 Å². The number of hydrogen-bond acceptors (Lipinski definition) is 4. The number of likely N-dealkylation sites (N-methyl/N-ethyl adjacent to an activating group) is 1. The molecular formula is C16H20N4O. The molecule has 1 amide bonds. The average molecular weight is 284 g/mol. The second-order valence-electron chi connectivity index (χ2n) is 4.83. The number of hydrogen-bond donors (Lipinski definition) is 2. The standard InChI is InChI=1S/C16H20N4O/c1-2-20(11-13-6-8-18-9-7-13)12-16(21)19-15-5-3-4-14(17)10-15/h3-10H,2,11-12,17H2,1H3,(H,19,21). The molecule has 2 rings (SSSR count). The lowest BCUT2D eigenvalue weighted by Crippen LogP contribution is -2.32. The minimum Gasteiger partial charge on any atom is -0.399 e. The maximum absolute atomic E-state index is 12.1. The van der Waals surface area contributed by atoms with Gasteiger partial charge in [0.25, 0.3) is 0 Å². The topological polar surface area (TPSA) is 71.2 Å². The molecule has 0 radical (unpaired) electrons. The summed E-state index contributed by atoms with van der Waals surface area (Å²) >= 11 is 0. The van der Waals surface area contributed by atoms with Crippen LogP contribution in [0.15, 0.2) is 48.8 Å². The Morgan fingerprint density at radius 1 is 1.29 bits per heavy atom. The summed E-state index contributed by atoms with van der Waals surface area (Å²) < 4.78 is 0. The fourth-order valence-corrected chi connectivity index (χ4v) is 2.05. The smallest absolute Gasteiger partial charge is 0.238 e. The monoisotopic (exact) mass is 284 g/mol. The fraction of sp³-hybridized carbons (Fsp3) is 0.250. The molecule has 0 unspecified atom stereocenters. The number of carbonyl (C=O) groups is 1. The molecule has 21 heavy (non-hydrogen) atoms. The number of benzene rings is 1. The lowest BCUT2D eigenvalue weighted by molar-refractivity contribution is -0.117. The van der Waals surface area contributed by atoms with Gasteiger partial charge in [0, 0.05) is 30.3 Å². The van der Waals surface area contributed by atoms with Gasteiger partial charge in [0.2, 0.25) is 5.91 Å². The molecule has 0 spiro atoms. The molecule has 0 aliphatic rings. The van der Waals surface area contributed by atoms with Crippen molar-refractivity contribution >= 4 is 17.3 Å². The Bertz CT molecular complexity index is 586. The highest BCUT2D eigenvalue weighted by Crippen LogP contribution is 2.12. The SMILES string of the molecule is CCN(CC(=O)Nc1cccc(N)c1)Cc1ccncc1. The number of pyridine rings is 1. The minimum atomic E-state index is -0.0449. The highest BCUT2D eigenvalue weighted by atomic mass is 16.2. The summed E-state index contributed by atoms with van der Waals surface area (Å²) in [4.78, 5) is 18.1. The van der Waals surface area contributed by atoms with Gasteiger partial charge >= 0.3 is 0 Å². The second kappa shape index (κ2) is 7.40. The molecule has 1 aromatic heterocycles. The lowest BCUT2D eigenvalue weighted by Gasteiger charge is -2.19. The molecule has 0 aliphatic heterocycles. The molecule has 0 saturated heterocycles. The van der Waals surface area contributed by atoms with E-state index in [2.05, 4.69) is 15.2 Å². The molecule has 0 saturated carbocycles. The first-order chi connectivity index (χ1) is 10.2. The third-order valence-corrected chi connectivity index (χ3v) is 3.14. The van der Waals surface area contributed by atoms with E-state index in [-0.39, 0.29) is 5.91 Å². The van der Waals surface area contributed by atoms with E-state index in [1.54, 1.807) is 24.5 Å². The maximum atomic E-state index is 12.1. The minimum absolute atomic E-state index is 0.0449. The van der Waals surface area contributed by atoms with Crippen molar-refractivity contribution in [2.24, 2.45) is 0 Å². The third kappa shape index (κ3) is 4.89. The van der Waals surface area contributed by atoms with E-state index in [0.717, 1.165) is 24.3 Å². The van der Waals surface area contributed by atoms with Crippen molar-refractivity contribution in [3.05, 3.63) is 54.4 Å². The van der Waals surface area contributed by atoms with E-state index in [1.807, 2.05) is 31.2 Å². The first-order valence-corrected chi connectivity index (χ1v) is 6.94. The first kappa shape index (κ1) is 15.0. The van der Waals surface area contributed by atoms with Crippen LogP contribution >= 0.6 is 0 Å². The summed E-state index contributed by atoms with van der Waals surface area (Å²) in [5.41, 5.74) is 8.20. The third-order valence-electron chi connectivity index (χ3n) is 3.14. The number of carbonyl (C=O) groups excluding carboxylic acids is 1. The number of nitrogen functional groups attached to an aromatic ring is 1. The predicted octanol–water partition coefficient (Wildman–Crippen LogP) is 2.12. The zero-order valence-corrected chi connectivity index (χ0v) is 12.1. The van der Waals surface area contributed by atoms with Crippen LogP contribution in [0.2, 0.25) is 0 Å². The zero-order valence-electron chi connectivity index (χ0n) is 12.1. The number of amides is 1. The van der Waals surface area contributed by atoms with E-state index in [9.17, 15) is 4.79 Å². The molecule has 0 aliphatic carbocycles. The molecule has 110 valence electrons. The number of nitrogens with two attached hydrogens (primary N) is 1. The summed E-state index contributed by atoms with van der Waals surface area (Å²) in [6, 6.07) is 11.1. The molecule has 2 aromatic rings. The van der Waals surface area contributed by atoms with E-state index < -0.39 is 0 Å². The fourth-order valence-electron chi connectivity index (χ4n) is 2.05. The quantitative estimate of drug-likeness (QED) is 0.797. The van der Waals surface area contributed by atoms with E-state index in [0.29, 0.717) is 12.2 Å². The zero-order chi connectivity index (χ0) is 15.1. The summed E-state index contributed by atoms with van der Waals surface area (Å²) in [6.07, 6.45) is 3.52. The molecule has 1 aromatic carbocycles. The first-order valence-electron chi connectivity index (χ1n) is 6.94. The van der Waals surface area contributed by atoms with Crippen LogP contribution in [0.1, 0.15) is 12.5 Å². The van der Waals surface area contributed by atoms with Crippen LogP contribution in [-0.2, 0) is 11.3 Å². The summed E-state index contributed by atoms with van der Waals surface area (Å²) in [5.74, 6) is -0.0449. The predicted molar refractivity (Wildman–Crippen MR) is 84.7 cm³/mol. The molecule has 5 heteroatoms. The van der Waals surface area contributed by atoms with E-state index >= 15 is 0 Å². The molecule has 0 bridgehead atoms. The van der Waals surface area contributed by atoms with Gasteiger partial charge in [-0.3, -0.25) is 14.7 Å². The van der Waals surface area contributed by atoms with Gasteiger partial charge in [-0.05, 0) is 42.4 Å². The van der Waals surface area contributed by atoms with Crippen molar-refractivity contribution in [3.8, 4) is 0 Å². The molecule has 5 nitrogen and oxygen atoms in total. The van der Waals surface area contributed by atoms with Crippen LogP contribution in [0.4, 0.5) is 11.4 Å². The number of rotatable bonds is 6. The molecule has 0 fully saturated rings.